The Kier molecular flexibility index (Phi) is 5.92. The molecule has 3 N–H and O–H groups in total. The molecule has 0 radical (unpaired) electrons. The van der Waals surface area contributed by atoms with E-state index in [-0.39, 0.29) is 5.91 Å². The molecule has 0 aromatic carbocycles. The fourth-order valence-electron chi connectivity index (χ4n) is 2.55. The number of methoxy groups -OCH3 is 1. The summed E-state index contributed by atoms with van der Waals surface area (Å²) in [6.45, 7) is 5.02. The van der Waals surface area contributed by atoms with E-state index in [1.165, 1.54) is 12.8 Å². The van der Waals surface area contributed by atoms with Gasteiger partial charge in [-0.05, 0) is 37.5 Å². The second-order valence-electron chi connectivity index (χ2n) is 5.40. The third-order valence-corrected chi connectivity index (χ3v) is 3.73. The first-order chi connectivity index (χ1) is 8.04. The molecule has 1 amide bonds. The SMILES string of the molecule is COCCC(N)C(=O)NC1CCC(C)CC1C. The molecule has 0 aliphatic heterocycles. The average molecular weight is 242 g/mol. The van der Waals surface area contributed by atoms with Crippen molar-refractivity contribution in [3.63, 3.8) is 0 Å². The Morgan fingerprint density at radius 2 is 2.18 bits per heavy atom. The van der Waals surface area contributed by atoms with E-state index in [4.69, 9.17) is 10.5 Å². The van der Waals surface area contributed by atoms with E-state index in [1.807, 2.05) is 0 Å². The quantitative estimate of drug-likeness (QED) is 0.763. The topological polar surface area (TPSA) is 64.3 Å². The summed E-state index contributed by atoms with van der Waals surface area (Å²) < 4.78 is 4.93. The van der Waals surface area contributed by atoms with Crippen molar-refractivity contribution < 1.29 is 9.53 Å². The second kappa shape index (κ2) is 6.97. The molecule has 100 valence electrons. The number of hydrogen-bond acceptors (Lipinski definition) is 3. The van der Waals surface area contributed by atoms with E-state index < -0.39 is 6.04 Å². The van der Waals surface area contributed by atoms with Crippen LogP contribution in [0.2, 0.25) is 0 Å². The Bertz CT molecular complexity index is 246. The van der Waals surface area contributed by atoms with Crippen LogP contribution in [0.25, 0.3) is 0 Å². The molecule has 4 heteroatoms. The maximum absolute atomic E-state index is 11.9. The number of hydrogen-bond donors (Lipinski definition) is 2. The number of nitrogens with one attached hydrogen (secondary N) is 1. The zero-order valence-electron chi connectivity index (χ0n) is 11.2. The molecule has 0 heterocycles. The van der Waals surface area contributed by atoms with Crippen LogP contribution >= 0.6 is 0 Å². The van der Waals surface area contributed by atoms with Crippen molar-refractivity contribution >= 4 is 5.91 Å². The van der Waals surface area contributed by atoms with Gasteiger partial charge in [-0.25, -0.2) is 0 Å². The fourth-order valence-corrected chi connectivity index (χ4v) is 2.55. The van der Waals surface area contributed by atoms with Gasteiger partial charge in [0.1, 0.15) is 0 Å². The highest BCUT2D eigenvalue weighted by molar-refractivity contribution is 5.81. The summed E-state index contributed by atoms with van der Waals surface area (Å²) in [4.78, 5) is 11.9. The van der Waals surface area contributed by atoms with Gasteiger partial charge in [0.05, 0.1) is 6.04 Å². The minimum Gasteiger partial charge on any atom is -0.385 e. The van der Waals surface area contributed by atoms with Gasteiger partial charge >= 0.3 is 0 Å². The van der Waals surface area contributed by atoms with Crippen LogP contribution in [-0.2, 0) is 9.53 Å². The zero-order chi connectivity index (χ0) is 12.8. The van der Waals surface area contributed by atoms with E-state index in [0.29, 0.717) is 25.0 Å². The molecular formula is C13H26N2O2. The predicted octanol–water partition coefficient (Wildman–Crippen LogP) is 1.29. The van der Waals surface area contributed by atoms with Crippen molar-refractivity contribution in [2.75, 3.05) is 13.7 Å². The summed E-state index contributed by atoms with van der Waals surface area (Å²) in [5.74, 6) is 1.30. The molecule has 0 aromatic rings. The van der Waals surface area contributed by atoms with E-state index in [2.05, 4.69) is 19.2 Å². The Balaban J connectivity index is 2.34. The molecule has 4 nitrogen and oxygen atoms in total. The van der Waals surface area contributed by atoms with E-state index in [0.717, 1.165) is 12.3 Å². The largest absolute Gasteiger partial charge is 0.385 e. The molecule has 17 heavy (non-hydrogen) atoms. The average Bonchev–Trinajstić information content (AvgIpc) is 2.29. The summed E-state index contributed by atoms with van der Waals surface area (Å²) in [6, 6.07) is -0.145. The first-order valence-corrected chi connectivity index (χ1v) is 6.59. The summed E-state index contributed by atoms with van der Waals surface area (Å²) in [7, 11) is 1.62. The van der Waals surface area contributed by atoms with E-state index in [1.54, 1.807) is 7.11 Å². The van der Waals surface area contributed by atoms with Crippen molar-refractivity contribution in [1.29, 1.82) is 0 Å². The third kappa shape index (κ3) is 4.64. The van der Waals surface area contributed by atoms with E-state index >= 15 is 0 Å². The van der Waals surface area contributed by atoms with E-state index in [9.17, 15) is 4.79 Å². The van der Waals surface area contributed by atoms with Crippen LogP contribution in [-0.4, -0.2) is 31.7 Å². The number of amides is 1. The van der Waals surface area contributed by atoms with Crippen LogP contribution in [0.4, 0.5) is 0 Å². The number of rotatable bonds is 5. The molecule has 0 saturated heterocycles. The Morgan fingerprint density at radius 1 is 1.47 bits per heavy atom. The van der Waals surface area contributed by atoms with Crippen LogP contribution in [0.3, 0.4) is 0 Å². The Labute approximate surface area is 104 Å². The Hall–Kier alpha value is -0.610. The lowest BCUT2D eigenvalue weighted by molar-refractivity contribution is -0.124. The lowest BCUT2D eigenvalue weighted by Crippen LogP contribution is -2.49. The smallest absolute Gasteiger partial charge is 0.237 e. The molecule has 1 rings (SSSR count). The molecule has 4 atom stereocenters. The highest BCUT2D eigenvalue weighted by Crippen LogP contribution is 2.28. The predicted molar refractivity (Wildman–Crippen MR) is 68.6 cm³/mol. The number of ether oxygens (including phenoxy) is 1. The minimum absolute atomic E-state index is 0.0338. The molecule has 1 fully saturated rings. The first-order valence-electron chi connectivity index (χ1n) is 6.59. The monoisotopic (exact) mass is 242 g/mol. The summed E-state index contributed by atoms with van der Waals surface area (Å²) in [6.07, 6.45) is 4.05. The van der Waals surface area contributed by atoms with Gasteiger partial charge in [-0.2, -0.15) is 0 Å². The van der Waals surface area contributed by atoms with Crippen molar-refractivity contribution in [1.82, 2.24) is 5.32 Å². The first kappa shape index (κ1) is 14.5. The van der Waals surface area contributed by atoms with Gasteiger partial charge in [0.25, 0.3) is 0 Å². The second-order valence-corrected chi connectivity index (χ2v) is 5.40. The molecular weight excluding hydrogens is 216 g/mol. The van der Waals surface area contributed by atoms with Gasteiger partial charge in [-0.15, -0.1) is 0 Å². The molecule has 4 unspecified atom stereocenters. The number of nitrogens with two attached hydrogens (primary N) is 1. The van der Waals surface area contributed by atoms with Crippen LogP contribution in [0.15, 0.2) is 0 Å². The molecule has 0 spiro atoms. The zero-order valence-corrected chi connectivity index (χ0v) is 11.2. The normalized spacial score (nSPS) is 30.9. The van der Waals surface area contributed by atoms with Gasteiger partial charge in [0.2, 0.25) is 5.91 Å². The van der Waals surface area contributed by atoms with Crippen molar-refractivity contribution in [3.8, 4) is 0 Å². The van der Waals surface area contributed by atoms with Crippen LogP contribution < -0.4 is 11.1 Å². The minimum atomic E-state index is -0.443. The summed E-state index contributed by atoms with van der Waals surface area (Å²) in [5, 5.41) is 3.08. The van der Waals surface area contributed by atoms with Gasteiger partial charge < -0.3 is 15.8 Å². The number of carbonyl (C=O) groups is 1. The fraction of sp³-hybridized carbons (Fsp3) is 0.923. The Morgan fingerprint density at radius 3 is 2.76 bits per heavy atom. The van der Waals surface area contributed by atoms with Gasteiger partial charge in [0.15, 0.2) is 0 Å². The van der Waals surface area contributed by atoms with Gasteiger partial charge in [0, 0.05) is 19.8 Å². The third-order valence-electron chi connectivity index (χ3n) is 3.73. The maximum atomic E-state index is 11.9. The van der Waals surface area contributed by atoms with Crippen LogP contribution in [0.1, 0.15) is 39.5 Å². The van der Waals surface area contributed by atoms with Crippen LogP contribution in [0, 0.1) is 11.8 Å². The summed E-state index contributed by atoms with van der Waals surface area (Å²) >= 11 is 0. The molecule has 1 aliphatic carbocycles. The molecule has 1 saturated carbocycles. The van der Waals surface area contributed by atoms with Crippen molar-refractivity contribution in [3.05, 3.63) is 0 Å². The number of carbonyl (C=O) groups excluding carboxylic acids is 1. The standard InChI is InChI=1S/C13H26N2O2/c1-9-4-5-12(10(2)8-9)15-13(16)11(14)6-7-17-3/h9-12H,4-8,14H2,1-3H3,(H,15,16). The lowest BCUT2D eigenvalue weighted by Gasteiger charge is -2.33. The summed E-state index contributed by atoms with van der Waals surface area (Å²) in [5.41, 5.74) is 5.80. The highest BCUT2D eigenvalue weighted by Gasteiger charge is 2.27. The van der Waals surface area contributed by atoms with Crippen molar-refractivity contribution in [2.24, 2.45) is 17.6 Å². The molecule has 0 aromatic heterocycles. The van der Waals surface area contributed by atoms with Gasteiger partial charge in [-0.1, -0.05) is 13.8 Å². The van der Waals surface area contributed by atoms with Gasteiger partial charge in [-0.3, -0.25) is 4.79 Å². The molecule has 1 aliphatic rings. The lowest BCUT2D eigenvalue weighted by atomic mass is 9.80. The molecule has 0 bridgehead atoms. The van der Waals surface area contributed by atoms with Crippen LogP contribution in [0.5, 0.6) is 0 Å². The highest BCUT2D eigenvalue weighted by atomic mass is 16.5. The maximum Gasteiger partial charge on any atom is 0.237 e. The van der Waals surface area contributed by atoms with Crippen molar-refractivity contribution in [2.45, 2.75) is 51.6 Å².